The Balaban J connectivity index is 2.69. The van der Waals surface area contributed by atoms with Gasteiger partial charge < -0.3 is 9.53 Å². The van der Waals surface area contributed by atoms with Crippen LogP contribution in [0.25, 0.3) is 0 Å². The van der Waals surface area contributed by atoms with E-state index in [0.29, 0.717) is 5.92 Å². The van der Waals surface area contributed by atoms with Crippen molar-refractivity contribution in [2.24, 2.45) is 5.92 Å². The molecule has 0 saturated heterocycles. The highest BCUT2D eigenvalue weighted by atomic mass is 28.4. The summed E-state index contributed by atoms with van der Waals surface area (Å²) in [5, 5.41) is 10.5. The molecule has 0 unspecified atom stereocenters. The predicted molar refractivity (Wildman–Crippen MR) is 75.7 cm³/mol. The number of rotatable bonds is 2. The minimum atomic E-state index is -1.70. The van der Waals surface area contributed by atoms with Crippen LogP contribution in [0.2, 0.25) is 18.1 Å². The van der Waals surface area contributed by atoms with Gasteiger partial charge in [-0.25, -0.2) is 0 Å². The van der Waals surface area contributed by atoms with Gasteiger partial charge in [0, 0.05) is 12.5 Å². The normalized spacial score (nSPS) is 36.0. The smallest absolute Gasteiger partial charge is 0.192 e. The Morgan fingerprint density at radius 3 is 2.18 bits per heavy atom. The summed E-state index contributed by atoms with van der Waals surface area (Å²) >= 11 is 0. The first-order valence-electron chi connectivity index (χ1n) is 6.83. The Morgan fingerprint density at radius 2 is 1.76 bits per heavy atom. The van der Waals surface area contributed by atoms with E-state index in [4.69, 9.17) is 4.43 Å². The van der Waals surface area contributed by atoms with Crippen molar-refractivity contribution in [1.29, 1.82) is 0 Å². The van der Waals surface area contributed by atoms with Crippen molar-refractivity contribution in [3.8, 4) is 0 Å². The molecule has 102 valence electrons. The molecule has 0 amide bonds. The van der Waals surface area contributed by atoms with Crippen LogP contribution in [0.1, 0.15) is 53.9 Å². The van der Waals surface area contributed by atoms with Gasteiger partial charge in [-0.1, -0.05) is 27.7 Å². The van der Waals surface area contributed by atoms with Gasteiger partial charge in [0.15, 0.2) is 8.32 Å². The zero-order valence-electron chi connectivity index (χ0n) is 12.6. The second-order valence-corrected chi connectivity index (χ2v) is 12.5. The van der Waals surface area contributed by atoms with Gasteiger partial charge in [-0.2, -0.15) is 0 Å². The fourth-order valence-corrected chi connectivity index (χ4v) is 3.99. The summed E-state index contributed by atoms with van der Waals surface area (Å²) in [5.74, 6) is 0.563. The molecule has 1 fully saturated rings. The fraction of sp³-hybridized carbons (Fsp3) is 1.00. The van der Waals surface area contributed by atoms with Crippen LogP contribution in [0.4, 0.5) is 0 Å². The third-order valence-corrected chi connectivity index (χ3v) is 8.92. The highest BCUT2D eigenvalue weighted by molar-refractivity contribution is 6.74. The maximum Gasteiger partial charge on any atom is 0.192 e. The zero-order chi connectivity index (χ0) is 13.5. The van der Waals surface area contributed by atoms with Crippen molar-refractivity contribution in [1.82, 2.24) is 0 Å². The van der Waals surface area contributed by atoms with Crippen molar-refractivity contribution in [2.75, 3.05) is 0 Å². The zero-order valence-corrected chi connectivity index (χ0v) is 13.6. The van der Waals surface area contributed by atoms with Crippen molar-refractivity contribution in [3.63, 3.8) is 0 Å². The lowest BCUT2D eigenvalue weighted by molar-refractivity contribution is -0.0456. The molecular weight excluding hydrogens is 228 g/mol. The van der Waals surface area contributed by atoms with Crippen LogP contribution >= 0.6 is 0 Å². The van der Waals surface area contributed by atoms with Crippen LogP contribution in [-0.2, 0) is 4.43 Å². The number of hydrogen-bond donors (Lipinski definition) is 1. The van der Waals surface area contributed by atoms with Gasteiger partial charge in [-0.05, 0) is 43.8 Å². The molecule has 1 aliphatic rings. The van der Waals surface area contributed by atoms with E-state index in [1.54, 1.807) is 0 Å². The topological polar surface area (TPSA) is 29.5 Å². The summed E-state index contributed by atoms with van der Waals surface area (Å²) in [4.78, 5) is 0. The minimum absolute atomic E-state index is 0.245. The largest absolute Gasteiger partial charge is 0.414 e. The summed E-state index contributed by atoms with van der Waals surface area (Å²) in [6.07, 6.45) is 3.05. The highest BCUT2D eigenvalue weighted by Gasteiger charge is 2.42. The minimum Gasteiger partial charge on any atom is -0.414 e. The molecule has 1 rings (SSSR count). The summed E-state index contributed by atoms with van der Waals surface area (Å²) < 4.78 is 6.43. The molecule has 1 saturated carbocycles. The molecule has 0 bridgehead atoms. The van der Waals surface area contributed by atoms with Crippen molar-refractivity contribution >= 4 is 8.32 Å². The van der Waals surface area contributed by atoms with Crippen LogP contribution in [0.3, 0.4) is 0 Å². The summed E-state index contributed by atoms with van der Waals surface area (Å²) in [6, 6.07) is 0. The van der Waals surface area contributed by atoms with Gasteiger partial charge in [0.2, 0.25) is 0 Å². The van der Waals surface area contributed by atoms with Crippen molar-refractivity contribution < 1.29 is 9.53 Å². The first kappa shape index (κ1) is 15.2. The monoisotopic (exact) mass is 258 g/mol. The van der Waals surface area contributed by atoms with E-state index in [-0.39, 0.29) is 11.1 Å². The number of aliphatic hydroxyl groups is 1. The van der Waals surface area contributed by atoms with Gasteiger partial charge in [0.25, 0.3) is 0 Å². The molecule has 1 N–H and O–H groups in total. The molecule has 0 aliphatic heterocycles. The predicted octanol–water partition coefficient (Wildman–Crippen LogP) is 3.95. The van der Waals surface area contributed by atoms with Gasteiger partial charge in [0.05, 0.1) is 5.60 Å². The van der Waals surface area contributed by atoms with E-state index < -0.39 is 13.9 Å². The molecule has 0 radical (unpaired) electrons. The quantitative estimate of drug-likeness (QED) is 0.760. The fourth-order valence-electron chi connectivity index (χ4n) is 2.62. The number of hydrogen-bond acceptors (Lipinski definition) is 2. The third-order valence-electron chi connectivity index (χ3n) is 4.39. The maximum absolute atomic E-state index is 10.3. The molecule has 3 atom stereocenters. The molecular formula is C14H30O2Si. The van der Waals surface area contributed by atoms with Crippen molar-refractivity contribution in [2.45, 2.75) is 83.7 Å². The summed E-state index contributed by atoms with van der Waals surface area (Å²) in [7, 11) is -1.70. The average molecular weight is 258 g/mol. The Hall–Kier alpha value is 0.137. The molecule has 0 aromatic carbocycles. The van der Waals surface area contributed by atoms with Crippen LogP contribution in [0.5, 0.6) is 0 Å². The Bertz CT molecular complexity index is 266. The molecule has 0 aromatic rings. The van der Waals surface area contributed by atoms with Gasteiger partial charge in [0.1, 0.15) is 0 Å². The van der Waals surface area contributed by atoms with Crippen LogP contribution in [0.15, 0.2) is 0 Å². The molecule has 17 heavy (non-hydrogen) atoms. The maximum atomic E-state index is 10.3. The molecule has 0 spiro atoms. The molecule has 3 heteroatoms. The Kier molecular flexibility index (Phi) is 4.17. The Labute approximate surface area is 108 Å². The molecule has 0 aromatic heterocycles. The third kappa shape index (κ3) is 4.07. The second-order valence-electron chi connectivity index (χ2n) is 7.75. The van der Waals surface area contributed by atoms with Crippen molar-refractivity contribution in [3.05, 3.63) is 0 Å². The highest BCUT2D eigenvalue weighted by Crippen LogP contribution is 2.41. The molecule has 2 nitrogen and oxygen atoms in total. The van der Waals surface area contributed by atoms with Crippen LogP contribution in [0, 0.1) is 5.92 Å². The van der Waals surface area contributed by atoms with Crippen LogP contribution < -0.4 is 0 Å². The van der Waals surface area contributed by atoms with E-state index in [2.05, 4.69) is 40.8 Å². The van der Waals surface area contributed by atoms with E-state index in [9.17, 15) is 5.11 Å². The summed E-state index contributed by atoms with van der Waals surface area (Å²) in [5.41, 5.74) is -0.537. The second kappa shape index (κ2) is 4.67. The SMILES string of the molecule is C[C@H]1C[C@H](O[Si](C)(C)C(C)(C)C)C[C@](C)(O)C1. The summed E-state index contributed by atoms with van der Waals surface area (Å²) in [6.45, 7) is 15.6. The van der Waals surface area contributed by atoms with E-state index in [1.807, 2.05) is 6.92 Å². The first-order chi connectivity index (χ1) is 7.43. The lowest BCUT2D eigenvalue weighted by Crippen LogP contribution is -2.48. The van der Waals surface area contributed by atoms with Gasteiger partial charge >= 0.3 is 0 Å². The van der Waals surface area contributed by atoms with E-state index in [1.165, 1.54) is 0 Å². The van der Waals surface area contributed by atoms with E-state index >= 15 is 0 Å². The first-order valence-corrected chi connectivity index (χ1v) is 9.74. The van der Waals surface area contributed by atoms with Gasteiger partial charge in [-0.3, -0.25) is 0 Å². The lowest BCUT2D eigenvalue weighted by Gasteiger charge is -2.44. The van der Waals surface area contributed by atoms with Gasteiger partial charge in [-0.15, -0.1) is 0 Å². The standard InChI is InChI=1S/C14H30O2Si/c1-11-8-12(10-14(5,15)9-11)16-17(6,7)13(2,3)4/h11-12,15H,8-10H2,1-7H3/t11-,12-,14+/m0/s1. The van der Waals surface area contributed by atoms with E-state index in [0.717, 1.165) is 19.3 Å². The average Bonchev–Trinajstić information content (AvgIpc) is 1.94. The molecule has 1 aliphatic carbocycles. The molecule has 0 heterocycles. The van der Waals surface area contributed by atoms with Crippen LogP contribution in [-0.4, -0.2) is 25.1 Å². The lowest BCUT2D eigenvalue weighted by atomic mass is 9.79. The Morgan fingerprint density at radius 1 is 1.24 bits per heavy atom.